The summed E-state index contributed by atoms with van der Waals surface area (Å²) in [6.07, 6.45) is 0.738. The van der Waals surface area contributed by atoms with Crippen LogP contribution in [0.3, 0.4) is 0 Å². The smallest absolute Gasteiger partial charge is 0.265 e. The van der Waals surface area contributed by atoms with Crippen LogP contribution in [0, 0.1) is 0 Å². The molecule has 2 rings (SSSR count). The van der Waals surface area contributed by atoms with E-state index < -0.39 is 10.0 Å². The molecule has 0 spiro atoms. The molecule has 0 fully saturated rings. The first-order valence-electron chi connectivity index (χ1n) is 7.43. The van der Waals surface area contributed by atoms with Crippen molar-refractivity contribution in [2.24, 2.45) is 0 Å². The predicted octanol–water partition coefficient (Wildman–Crippen LogP) is 3.46. The van der Waals surface area contributed by atoms with E-state index in [9.17, 15) is 8.42 Å². The van der Waals surface area contributed by atoms with Gasteiger partial charge in [-0.05, 0) is 43.2 Å². The fourth-order valence-electron chi connectivity index (χ4n) is 2.18. The maximum absolute atomic E-state index is 12.8. The maximum Gasteiger partial charge on any atom is 0.265 e. The average Bonchev–Trinajstić information content (AvgIpc) is 2.56. The van der Waals surface area contributed by atoms with Gasteiger partial charge in [0.05, 0.1) is 19.4 Å². The highest BCUT2D eigenvalue weighted by Crippen LogP contribution is 2.30. The molecule has 0 heterocycles. The molecule has 124 valence electrons. The van der Waals surface area contributed by atoms with Crippen molar-refractivity contribution in [3.05, 3.63) is 48.0 Å². The van der Waals surface area contributed by atoms with Crippen LogP contribution in [0.1, 0.15) is 19.4 Å². The number of rotatable bonds is 7. The van der Waals surface area contributed by atoms with Gasteiger partial charge in [0.25, 0.3) is 10.0 Å². The van der Waals surface area contributed by atoms with Gasteiger partial charge in [0.15, 0.2) is 0 Å². The second-order valence-electron chi connectivity index (χ2n) is 4.87. The lowest BCUT2D eigenvalue weighted by molar-refractivity contribution is 0.342. The van der Waals surface area contributed by atoms with Crippen LogP contribution in [-0.4, -0.2) is 22.1 Å². The molecule has 0 saturated heterocycles. The van der Waals surface area contributed by atoms with Crippen molar-refractivity contribution >= 4 is 15.7 Å². The van der Waals surface area contributed by atoms with E-state index in [4.69, 9.17) is 9.47 Å². The standard InChI is InChI=1S/C17H21NO4S/c1-4-13-10-11-16(21-3)17(12-13)23(19,20)18-14-8-6-7-9-15(14)22-5-2/h6-12,18H,4-5H2,1-3H3. The Balaban J connectivity index is 2.43. The molecular formula is C17H21NO4S. The molecule has 0 aliphatic rings. The number of hydrogen-bond acceptors (Lipinski definition) is 4. The molecule has 0 aliphatic carbocycles. The van der Waals surface area contributed by atoms with Crippen LogP contribution in [0.5, 0.6) is 11.5 Å². The summed E-state index contributed by atoms with van der Waals surface area (Å²) in [6.45, 7) is 4.27. The lowest BCUT2D eigenvalue weighted by Gasteiger charge is -2.15. The van der Waals surface area contributed by atoms with Gasteiger partial charge in [-0.1, -0.05) is 25.1 Å². The number of benzene rings is 2. The Bertz CT molecular complexity index is 772. The highest BCUT2D eigenvalue weighted by atomic mass is 32.2. The van der Waals surface area contributed by atoms with E-state index >= 15 is 0 Å². The lowest BCUT2D eigenvalue weighted by Crippen LogP contribution is -2.15. The molecule has 0 amide bonds. The Kier molecular flexibility index (Phi) is 5.50. The van der Waals surface area contributed by atoms with E-state index in [1.807, 2.05) is 19.9 Å². The number of sulfonamides is 1. The van der Waals surface area contributed by atoms with Crippen molar-refractivity contribution in [3.8, 4) is 11.5 Å². The minimum Gasteiger partial charge on any atom is -0.495 e. The fourth-order valence-corrected chi connectivity index (χ4v) is 3.47. The highest BCUT2D eigenvalue weighted by Gasteiger charge is 2.21. The van der Waals surface area contributed by atoms with Gasteiger partial charge in [-0.15, -0.1) is 0 Å². The molecule has 0 aromatic heterocycles. The van der Waals surface area contributed by atoms with Crippen LogP contribution in [0.2, 0.25) is 0 Å². The minimum absolute atomic E-state index is 0.116. The fraction of sp³-hybridized carbons (Fsp3) is 0.294. The van der Waals surface area contributed by atoms with E-state index in [1.165, 1.54) is 7.11 Å². The van der Waals surface area contributed by atoms with Crippen LogP contribution >= 0.6 is 0 Å². The minimum atomic E-state index is -3.78. The van der Waals surface area contributed by atoms with Crippen LogP contribution in [-0.2, 0) is 16.4 Å². The van der Waals surface area contributed by atoms with Gasteiger partial charge < -0.3 is 9.47 Å². The van der Waals surface area contributed by atoms with Gasteiger partial charge in [0.1, 0.15) is 16.4 Å². The molecule has 1 N–H and O–H groups in total. The van der Waals surface area contributed by atoms with Crippen LogP contribution < -0.4 is 14.2 Å². The second-order valence-corrected chi connectivity index (χ2v) is 6.52. The number of anilines is 1. The van der Waals surface area contributed by atoms with Gasteiger partial charge in [-0.2, -0.15) is 0 Å². The summed E-state index contributed by atoms with van der Waals surface area (Å²) in [5.41, 5.74) is 1.32. The number of nitrogens with one attached hydrogen (secondary N) is 1. The van der Waals surface area contributed by atoms with E-state index in [-0.39, 0.29) is 4.90 Å². The first-order chi connectivity index (χ1) is 11.0. The van der Waals surface area contributed by atoms with Gasteiger partial charge >= 0.3 is 0 Å². The summed E-state index contributed by atoms with van der Waals surface area (Å²) in [5.74, 6) is 0.799. The summed E-state index contributed by atoms with van der Waals surface area (Å²) in [6, 6.07) is 12.1. The SMILES string of the molecule is CCOc1ccccc1NS(=O)(=O)c1cc(CC)ccc1OC. The van der Waals surface area contributed by atoms with Crippen molar-refractivity contribution in [1.29, 1.82) is 0 Å². The van der Waals surface area contributed by atoms with E-state index in [2.05, 4.69) is 4.72 Å². The molecule has 23 heavy (non-hydrogen) atoms. The third-order valence-electron chi connectivity index (χ3n) is 3.36. The molecule has 2 aromatic carbocycles. The molecule has 0 bridgehead atoms. The summed E-state index contributed by atoms with van der Waals surface area (Å²) in [4.78, 5) is 0.116. The largest absolute Gasteiger partial charge is 0.495 e. The summed E-state index contributed by atoms with van der Waals surface area (Å²) < 4.78 is 38.8. The van der Waals surface area contributed by atoms with Crippen molar-refractivity contribution in [2.45, 2.75) is 25.2 Å². The molecule has 0 aliphatic heterocycles. The second kappa shape index (κ2) is 7.37. The van der Waals surface area contributed by atoms with Crippen molar-refractivity contribution in [3.63, 3.8) is 0 Å². The normalized spacial score (nSPS) is 11.1. The number of aryl methyl sites for hydroxylation is 1. The molecule has 2 aromatic rings. The van der Waals surface area contributed by atoms with Crippen LogP contribution in [0.25, 0.3) is 0 Å². The average molecular weight is 335 g/mol. The summed E-state index contributed by atoms with van der Waals surface area (Å²) in [5, 5.41) is 0. The number of para-hydroxylation sites is 2. The highest BCUT2D eigenvalue weighted by molar-refractivity contribution is 7.92. The Hall–Kier alpha value is -2.21. The number of hydrogen-bond donors (Lipinski definition) is 1. The van der Waals surface area contributed by atoms with Crippen LogP contribution in [0.4, 0.5) is 5.69 Å². The Morgan fingerprint density at radius 2 is 1.78 bits per heavy atom. The Morgan fingerprint density at radius 3 is 2.43 bits per heavy atom. The molecule has 0 saturated carbocycles. The molecular weight excluding hydrogens is 314 g/mol. The van der Waals surface area contributed by atoms with Gasteiger partial charge in [-0.3, -0.25) is 4.72 Å². The Morgan fingerprint density at radius 1 is 1.04 bits per heavy atom. The van der Waals surface area contributed by atoms with Crippen molar-refractivity contribution in [1.82, 2.24) is 0 Å². The molecule has 5 nitrogen and oxygen atoms in total. The summed E-state index contributed by atoms with van der Waals surface area (Å²) in [7, 11) is -2.33. The predicted molar refractivity (Wildman–Crippen MR) is 90.8 cm³/mol. The van der Waals surface area contributed by atoms with Crippen molar-refractivity contribution in [2.75, 3.05) is 18.4 Å². The third-order valence-corrected chi connectivity index (χ3v) is 4.74. The van der Waals surface area contributed by atoms with Gasteiger partial charge in [-0.25, -0.2) is 8.42 Å². The molecule has 0 atom stereocenters. The first kappa shape index (κ1) is 17.1. The van der Waals surface area contributed by atoms with E-state index in [0.29, 0.717) is 23.8 Å². The van der Waals surface area contributed by atoms with Crippen molar-refractivity contribution < 1.29 is 17.9 Å². The molecule has 0 unspecified atom stereocenters. The molecule has 0 radical (unpaired) electrons. The lowest BCUT2D eigenvalue weighted by atomic mass is 10.2. The maximum atomic E-state index is 12.8. The quantitative estimate of drug-likeness (QED) is 0.841. The van der Waals surface area contributed by atoms with E-state index in [0.717, 1.165) is 12.0 Å². The van der Waals surface area contributed by atoms with Gasteiger partial charge in [0, 0.05) is 0 Å². The topological polar surface area (TPSA) is 64.6 Å². The number of methoxy groups -OCH3 is 1. The summed E-state index contributed by atoms with van der Waals surface area (Å²) >= 11 is 0. The monoisotopic (exact) mass is 335 g/mol. The third kappa shape index (κ3) is 3.96. The molecule has 6 heteroatoms. The zero-order chi connectivity index (χ0) is 16.9. The zero-order valence-corrected chi connectivity index (χ0v) is 14.3. The Labute approximate surface area is 137 Å². The number of ether oxygens (including phenoxy) is 2. The van der Waals surface area contributed by atoms with Gasteiger partial charge in [0.2, 0.25) is 0 Å². The first-order valence-corrected chi connectivity index (χ1v) is 8.91. The van der Waals surface area contributed by atoms with Crippen LogP contribution in [0.15, 0.2) is 47.4 Å². The zero-order valence-electron chi connectivity index (χ0n) is 13.5. The van der Waals surface area contributed by atoms with E-state index in [1.54, 1.807) is 36.4 Å².